The molecule has 19 heavy (non-hydrogen) atoms. The Morgan fingerprint density at radius 2 is 2.37 bits per heavy atom. The highest BCUT2D eigenvalue weighted by Crippen LogP contribution is 2.29. The van der Waals surface area contributed by atoms with Gasteiger partial charge in [-0.1, -0.05) is 0 Å². The van der Waals surface area contributed by atoms with Crippen LogP contribution in [0.5, 0.6) is 0 Å². The minimum Gasteiger partial charge on any atom is -0.396 e. The summed E-state index contributed by atoms with van der Waals surface area (Å²) in [6, 6.07) is 0.432. The number of anilines is 2. The molecule has 2 aromatic rings. The molecule has 0 bridgehead atoms. The van der Waals surface area contributed by atoms with Crippen molar-refractivity contribution in [1.82, 2.24) is 14.4 Å². The third-order valence-corrected chi connectivity index (χ3v) is 3.72. The molecule has 1 fully saturated rings. The van der Waals surface area contributed by atoms with Gasteiger partial charge in [-0.05, 0) is 25.7 Å². The summed E-state index contributed by atoms with van der Waals surface area (Å²) in [6.07, 6.45) is 9.54. The molecule has 0 radical (unpaired) electrons. The van der Waals surface area contributed by atoms with Gasteiger partial charge in [-0.3, -0.25) is 0 Å². The average molecular weight is 261 g/mol. The van der Waals surface area contributed by atoms with Gasteiger partial charge in [0.05, 0.1) is 6.20 Å². The van der Waals surface area contributed by atoms with Crippen molar-refractivity contribution in [1.29, 1.82) is 0 Å². The van der Waals surface area contributed by atoms with Gasteiger partial charge in [0.1, 0.15) is 5.82 Å². The summed E-state index contributed by atoms with van der Waals surface area (Å²) < 4.78 is 1.92. The summed E-state index contributed by atoms with van der Waals surface area (Å²) in [7, 11) is 0. The Hall–Kier alpha value is -1.82. The van der Waals surface area contributed by atoms with Gasteiger partial charge < -0.3 is 20.1 Å². The van der Waals surface area contributed by atoms with Gasteiger partial charge in [0.15, 0.2) is 11.5 Å². The topological polar surface area (TPSA) is 79.7 Å². The smallest absolute Gasteiger partial charge is 0.180 e. The fourth-order valence-electron chi connectivity index (χ4n) is 2.87. The van der Waals surface area contributed by atoms with E-state index in [4.69, 9.17) is 10.8 Å². The van der Waals surface area contributed by atoms with Gasteiger partial charge in [0.2, 0.25) is 0 Å². The zero-order valence-electron chi connectivity index (χ0n) is 10.9. The van der Waals surface area contributed by atoms with Crippen molar-refractivity contribution in [3.63, 3.8) is 0 Å². The van der Waals surface area contributed by atoms with Gasteiger partial charge in [0, 0.05) is 31.6 Å². The Kier molecular flexibility index (Phi) is 3.25. The number of nitrogens with two attached hydrogens (primary N) is 1. The van der Waals surface area contributed by atoms with E-state index in [0.29, 0.717) is 11.9 Å². The molecule has 6 nitrogen and oxygen atoms in total. The van der Waals surface area contributed by atoms with E-state index in [2.05, 4.69) is 14.9 Å². The second-order valence-electron chi connectivity index (χ2n) is 5.00. The number of imidazole rings is 1. The van der Waals surface area contributed by atoms with E-state index in [0.717, 1.165) is 43.7 Å². The maximum Gasteiger partial charge on any atom is 0.180 e. The summed E-state index contributed by atoms with van der Waals surface area (Å²) in [6.45, 7) is 1.22. The van der Waals surface area contributed by atoms with Crippen molar-refractivity contribution < 1.29 is 5.11 Å². The molecule has 2 aromatic heterocycles. The Labute approximate surface area is 111 Å². The lowest BCUT2D eigenvalue weighted by atomic mass is 10.1. The quantitative estimate of drug-likeness (QED) is 0.860. The fraction of sp³-hybridized carbons (Fsp3) is 0.538. The first-order valence-corrected chi connectivity index (χ1v) is 6.76. The van der Waals surface area contributed by atoms with Gasteiger partial charge in [0.25, 0.3) is 0 Å². The van der Waals surface area contributed by atoms with Crippen LogP contribution in [0.3, 0.4) is 0 Å². The monoisotopic (exact) mass is 261 g/mol. The van der Waals surface area contributed by atoms with Crippen molar-refractivity contribution in [3.8, 4) is 0 Å². The van der Waals surface area contributed by atoms with Crippen molar-refractivity contribution in [2.75, 3.05) is 23.8 Å². The van der Waals surface area contributed by atoms with Gasteiger partial charge in [-0.25, -0.2) is 9.97 Å². The van der Waals surface area contributed by atoms with E-state index in [1.165, 1.54) is 0 Å². The molecule has 102 valence electrons. The predicted octanol–water partition coefficient (Wildman–Crippen LogP) is 1.05. The molecule has 0 spiro atoms. The molecular formula is C13H19N5O. The number of fused-ring (bicyclic) bond motifs is 1. The van der Waals surface area contributed by atoms with E-state index in [1.807, 2.05) is 10.6 Å². The van der Waals surface area contributed by atoms with E-state index >= 15 is 0 Å². The Bertz CT molecular complexity index is 567. The summed E-state index contributed by atoms with van der Waals surface area (Å²) in [4.78, 5) is 11.1. The Morgan fingerprint density at radius 3 is 3.21 bits per heavy atom. The molecule has 1 unspecified atom stereocenters. The summed E-state index contributed by atoms with van der Waals surface area (Å²) in [5.41, 5.74) is 6.72. The normalized spacial score (nSPS) is 19.4. The van der Waals surface area contributed by atoms with Crippen LogP contribution in [0.1, 0.15) is 25.7 Å². The van der Waals surface area contributed by atoms with Gasteiger partial charge in [-0.2, -0.15) is 0 Å². The molecule has 3 rings (SSSR count). The zero-order chi connectivity index (χ0) is 13.2. The second-order valence-corrected chi connectivity index (χ2v) is 5.00. The number of rotatable bonds is 4. The first-order valence-electron chi connectivity index (χ1n) is 6.76. The number of hydrogen-bond donors (Lipinski definition) is 2. The molecule has 3 N–H and O–H groups in total. The first-order chi connectivity index (χ1) is 9.29. The van der Waals surface area contributed by atoms with Crippen LogP contribution < -0.4 is 10.6 Å². The highest BCUT2D eigenvalue weighted by molar-refractivity contribution is 5.67. The van der Waals surface area contributed by atoms with E-state index in [1.54, 1.807) is 12.4 Å². The van der Waals surface area contributed by atoms with Crippen molar-refractivity contribution in [3.05, 3.63) is 18.6 Å². The minimum atomic E-state index is 0.244. The highest BCUT2D eigenvalue weighted by Gasteiger charge is 2.27. The largest absolute Gasteiger partial charge is 0.396 e. The van der Waals surface area contributed by atoms with Crippen LogP contribution in [0.25, 0.3) is 5.65 Å². The number of hydrogen-bond acceptors (Lipinski definition) is 5. The summed E-state index contributed by atoms with van der Waals surface area (Å²) in [5.74, 6) is 1.37. The maximum atomic E-state index is 9.00. The molecule has 0 saturated carbocycles. The third kappa shape index (κ3) is 2.23. The SMILES string of the molecule is Nc1cn2ccnc2c(N2CCCC2CCCO)n1. The fourth-order valence-corrected chi connectivity index (χ4v) is 2.87. The second kappa shape index (κ2) is 5.05. The Morgan fingerprint density at radius 1 is 1.47 bits per heavy atom. The van der Waals surface area contributed by atoms with E-state index in [9.17, 15) is 0 Å². The van der Waals surface area contributed by atoms with Gasteiger partial charge >= 0.3 is 0 Å². The summed E-state index contributed by atoms with van der Waals surface area (Å²) in [5, 5.41) is 9.00. The zero-order valence-corrected chi connectivity index (χ0v) is 10.9. The molecule has 0 aromatic carbocycles. The maximum absolute atomic E-state index is 9.00. The van der Waals surface area contributed by atoms with Crippen molar-refractivity contribution in [2.45, 2.75) is 31.7 Å². The molecule has 1 aliphatic rings. The number of aromatic nitrogens is 3. The van der Waals surface area contributed by atoms with Gasteiger partial charge in [-0.15, -0.1) is 0 Å². The molecule has 1 atom stereocenters. The van der Waals surface area contributed by atoms with E-state index in [-0.39, 0.29) is 6.61 Å². The highest BCUT2D eigenvalue weighted by atomic mass is 16.2. The molecule has 6 heteroatoms. The number of aliphatic hydroxyl groups is 1. The first kappa shape index (κ1) is 12.2. The van der Waals surface area contributed by atoms with Crippen LogP contribution in [0.2, 0.25) is 0 Å². The van der Waals surface area contributed by atoms with Crippen LogP contribution in [-0.4, -0.2) is 38.7 Å². The van der Waals surface area contributed by atoms with Crippen molar-refractivity contribution >= 4 is 17.3 Å². The molecule has 0 aliphatic carbocycles. The lowest BCUT2D eigenvalue weighted by molar-refractivity contribution is 0.279. The molecule has 1 saturated heterocycles. The number of nitrogen functional groups attached to an aromatic ring is 1. The van der Waals surface area contributed by atoms with Crippen molar-refractivity contribution in [2.24, 2.45) is 0 Å². The average Bonchev–Trinajstić information content (AvgIpc) is 3.03. The standard InChI is InChI=1S/C13H19N5O/c14-11-9-17-7-5-15-12(17)13(16-11)18-6-1-3-10(18)4-2-8-19/h5,7,9-10,19H,1-4,6,8,14H2. The number of aliphatic hydroxyl groups excluding tert-OH is 1. The minimum absolute atomic E-state index is 0.244. The molecule has 1 aliphatic heterocycles. The van der Waals surface area contributed by atoms with Crippen LogP contribution in [0.15, 0.2) is 18.6 Å². The van der Waals surface area contributed by atoms with Crippen LogP contribution in [-0.2, 0) is 0 Å². The van der Waals surface area contributed by atoms with E-state index < -0.39 is 0 Å². The lowest BCUT2D eigenvalue weighted by Crippen LogP contribution is -2.30. The predicted molar refractivity (Wildman–Crippen MR) is 74.1 cm³/mol. The third-order valence-electron chi connectivity index (χ3n) is 3.72. The number of nitrogens with zero attached hydrogens (tertiary/aromatic N) is 4. The lowest BCUT2D eigenvalue weighted by Gasteiger charge is -2.26. The molecule has 0 amide bonds. The van der Waals surface area contributed by atoms with Crippen LogP contribution >= 0.6 is 0 Å². The molecular weight excluding hydrogens is 242 g/mol. The van der Waals surface area contributed by atoms with Crippen LogP contribution in [0, 0.1) is 0 Å². The van der Waals surface area contributed by atoms with Crippen LogP contribution in [0.4, 0.5) is 11.6 Å². The molecule has 3 heterocycles. The summed E-state index contributed by atoms with van der Waals surface area (Å²) >= 11 is 0. The Balaban J connectivity index is 1.96.